The lowest BCUT2D eigenvalue weighted by atomic mass is 10.2. The molecular formula is C20H23NO5. The first-order valence-corrected chi connectivity index (χ1v) is 8.38. The fourth-order valence-electron chi connectivity index (χ4n) is 2.14. The second-order valence-corrected chi connectivity index (χ2v) is 5.57. The number of benzene rings is 2. The van der Waals surface area contributed by atoms with Crippen molar-refractivity contribution in [1.29, 1.82) is 0 Å². The zero-order valence-corrected chi connectivity index (χ0v) is 14.8. The van der Waals surface area contributed by atoms with Crippen LogP contribution in [0.25, 0.3) is 0 Å². The molecule has 26 heavy (non-hydrogen) atoms. The van der Waals surface area contributed by atoms with E-state index < -0.39 is 5.97 Å². The molecule has 0 aliphatic carbocycles. The van der Waals surface area contributed by atoms with Gasteiger partial charge in [0.2, 0.25) is 0 Å². The van der Waals surface area contributed by atoms with Crippen molar-refractivity contribution in [3.05, 3.63) is 65.7 Å². The van der Waals surface area contributed by atoms with Gasteiger partial charge in [0.15, 0.2) is 6.61 Å². The SMILES string of the molecule is COCCCNC(=O)COC(=O)c1ccc(OCc2ccccc2)cc1. The van der Waals surface area contributed by atoms with Gasteiger partial charge >= 0.3 is 5.97 Å². The van der Waals surface area contributed by atoms with E-state index in [1.807, 2.05) is 30.3 Å². The molecule has 2 aromatic carbocycles. The fourth-order valence-corrected chi connectivity index (χ4v) is 2.14. The molecule has 2 aromatic rings. The Morgan fingerprint density at radius 1 is 1.00 bits per heavy atom. The highest BCUT2D eigenvalue weighted by Gasteiger charge is 2.10. The molecule has 6 heteroatoms. The van der Waals surface area contributed by atoms with E-state index in [1.54, 1.807) is 31.4 Å². The van der Waals surface area contributed by atoms with Crippen molar-refractivity contribution in [3.8, 4) is 5.75 Å². The van der Waals surface area contributed by atoms with Gasteiger partial charge in [-0.3, -0.25) is 4.79 Å². The Morgan fingerprint density at radius 3 is 2.42 bits per heavy atom. The lowest BCUT2D eigenvalue weighted by Gasteiger charge is -2.08. The summed E-state index contributed by atoms with van der Waals surface area (Å²) in [5.74, 6) is -0.231. The third kappa shape index (κ3) is 6.94. The number of ether oxygens (including phenoxy) is 3. The molecule has 0 saturated carbocycles. The van der Waals surface area contributed by atoms with Crippen molar-refractivity contribution < 1.29 is 23.8 Å². The molecule has 0 fully saturated rings. The molecule has 2 rings (SSSR count). The van der Waals surface area contributed by atoms with Gasteiger partial charge in [-0.25, -0.2) is 4.79 Å². The summed E-state index contributed by atoms with van der Waals surface area (Å²) >= 11 is 0. The number of nitrogens with one attached hydrogen (secondary N) is 1. The summed E-state index contributed by atoms with van der Waals surface area (Å²) in [6.45, 7) is 1.20. The van der Waals surface area contributed by atoms with Crippen molar-refractivity contribution in [2.75, 3.05) is 26.9 Å². The molecule has 0 atom stereocenters. The quantitative estimate of drug-likeness (QED) is 0.523. The van der Waals surface area contributed by atoms with Crippen molar-refractivity contribution in [1.82, 2.24) is 5.32 Å². The van der Waals surface area contributed by atoms with Gasteiger partial charge in [0.05, 0.1) is 5.56 Å². The zero-order chi connectivity index (χ0) is 18.6. The molecule has 1 N–H and O–H groups in total. The van der Waals surface area contributed by atoms with Crippen LogP contribution >= 0.6 is 0 Å². The normalized spacial score (nSPS) is 10.2. The largest absolute Gasteiger partial charge is 0.489 e. The number of rotatable bonds is 10. The van der Waals surface area contributed by atoms with Crippen LogP contribution in [0.15, 0.2) is 54.6 Å². The molecule has 0 radical (unpaired) electrons. The Hall–Kier alpha value is -2.86. The first-order chi connectivity index (χ1) is 12.7. The molecular weight excluding hydrogens is 334 g/mol. The van der Waals surface area contributed by atoms with Gasteiger partial charge in [-0.05, 0) is 36.2 Å². The van der Waals surface area contributed by atoms with Crippen molar-refractivity contribution >= 4 is 11.9 Å². The third-order valence-corrected chi connectivity index (χ3v) is 3.52. The summed E-state index contributed by atoms with van der Waals surface area (Å²) in [6.07, 6.45) is 0.709. The van der Waals surface area contributed by atoms with Crippen LogP contribution in [-0.4, -0.2) is 38.7 Å². The predicted octanol–water partition coefficient (Wildman–Crippen LogP) is 2.58. The van der Waals surface area contributed by atoms with E-state index in [9.17, 15) is 9.59 Å². The Kier molecular flexibility index (Phi) is 8.15. The minimum atomic E-state index is -0.549. The van der Waals surface area contributed by atoms with Crippen molar-refractivity contribution in [2.45, 2.75) is 13.0 Å². The van der Waals surface area contributed by atoms with Gasteiger partial charge in [0.25, 0.3) is 5.91 Å². The van der Waals surface area contributed by atoms with E-state index in [0.29, 0.717) is 37.5 Å². The molecule has 0 heterocycles. The highest BCUT2D eigenvalue weighted by Crippen LogP contribution is 2.15. The van der Waals surface area contributed by atoms with E-state index in [2.05, 4.69) is 5.32 Å². The summed E-state index contributed by atoms with van der Waals surface area (Å²) in [5, 5.41) is 2.65. The van der Waals surface area contributed by atoms with Crippen LogP contribution < -0.4 is 10.1 Å². The van der Waals surface area contributed by atoms with Gasteiger partial charge in [-0.15, -0.1) is 0 Å². The van der Waals surface area contributed by atoms with E-state index in [-0.39, 0.29) is 12.5 Å². The summed E-state index contributed by atoms with van der Waals surface area (Å²) in [5.41, 5.74) is 1.43. The molecule has 0 spiro atoms. The molecule has 0 bridgehead atoms. The molecule has 6 nitrogen and oxygen atoms in total. The number of esters is 1. The summed E-state index contributed by atoms with van der Waals surface area (Å²) in [4.78, 5) is 23.5. The Bertz CT molecular complexity index is 685. The summed E-state index contributed by atoms with van der Waals surface area (Å²) < 4.78 is 15.5. The van der Waals surface area contributed by atoms with E-state index in [0.717, 1.165) is 5.56 Å². The summed E-state index contributed by atoms with van der Waals surface area (Å²) in [6, 6.07) is 16.4. The average Bonchev–Trinajstić information content (AvgIpc) is 2.69. The molecule has 0 saturated heterocycles. The first-order valence-electron chi connectivity index (χ1n) is 8.38. The fraction of sp³-hybridized carbons (Fsp3) is 0.300. The van der Waals surface area contributed by atoms with Crippen LogP contribution in [0.2, 0.25) is 0 Å². The number of hydrogen-bond donors (Lipinski definition) is 1. The smallest absolute Gasteiger partial charge is 0.338 e. The van der Waals surface area contributed by atoms with Gasteiger partial charge in [0.1, 0.15) is 12.4 Å². The minimum absolute atomic E-state index is 0.307. The molecule has 0 aliphatic heterocycles. The third-order valence-electron chi connectivity index (χ3n) is 3.52. The standard InChI is InChI=1S/C20H23NO5/c1-24-13-5-12-21-19(22)15-26-20(23)17-8-10-18(11-9-17)25-14-16-6-3-2-4-7-16/h2-4,6-11H,5,12-15H2,1H3,(H,21,22). The van der Waals surface area contributed by atoms with Gasteiger partial charge in [0, 0.05) is 20.3 Å². The minimum Gasteiger partial charge on any atom is -0.489 e. The number of carbonyl (C=O) groups excluding carboxylic acids is 2. The molecule has 0 unspecified atom stereocenters. The maximum absolute atomic E-state index is 12.0. The Balaban J connectivity index is 1.73. The van der Waals surface area contributed by atoms with E-state index >= 15 is 0 Å². The van der Waals surface area contributed by atoms with Crippen LogP contribution in [0.4, 0.5) is 0 Å². The maximum atomic E-state index is 12.0. The molecule has 1 amide bonds. The topological polar surface area (TPSA) is 73.9 Å². The lowest BCUT2D eigenvalue weighted by Crippen LogP contribution is -2.30. The molecule has 0 aromatic heterocycles. The maximum Gasteiger partial charge on any atom is 0.338 e. The Labute approximate surface area is 153 Å². The van der Waals surface area contributed by atoms with Crippen LogP contribution in [0.1, 0.15) is 22.3 Å². The van der Waals surface area contributed by atoms with Crippen molar-refractivity contribution in [2.24, 2.45) is 0 Å². The highest BCUT2D eigenvalue weighted by atomic mass is 16.5. The predicted molar refractivity (Wildman–Crippen MR) is 97.0 cm³/mol. The monoisotopic (exact) mass is 357 g/mol. The lowest BCUT2D eigenvalue weighted by molar-refractivity contribution is -0.124. The number of amides is 1. The number of hydrogen-bond acceptors (Lipinski definition) is 5. The molecule has 138 valence electrons. The second kappa shape index (κ2) is 10.9. The van der Waals surface area contributed by atoms with Gasteiger partial charge in [-0.2, -0.15) is 0 Å². The average molecular weight is 357 g/mol. The van der Waals surface area contributed by atoms with Crippen LogP contribution in [0.3, 0.4) is 0 Å². The zero-order valence-electron chi connectivity index (χ0n) is 14.8. The Morgan fingerprint density at radius 2 is 1.73 bits per heavy atom. The van der Waals surface area contributed by atoms with Crippen molar-refractivity contribution in [3.63, 3.8) is 0 Å². The van der Waals surface area contributed by atoms with E-state index in [1.165, 1.54) is 0 Å². The second-order valence-electron chi connectivity index (χ2n) is 5.57. The summed E-state index contributed by atoms with van der Waals surface area (Å²) in [7, 11) is 1.60. The highest BCUT2D eigenvalue weighted by molar-refractivity contribution is 5.91. The van der Waals surface area contributed by atoms with Crippen LogP contribution in [0, 0.1) is 0 Å². The van der Waals surface area contributed by atoms with Gasteiger partial charge < -0.3 is 19.5 Å². The first kappa shape index (κ1) is 19.5. The van der Waals surface area contributed by atoms with Gasteiger partial charge in [-0.1, -0.05) is 30.3 Å². The number of carbonyl (C=O) groups is 2. The van der Waals surface area contributed by atoms with E-state index in [4.69, 9.17) is 14.2 Å². The number of methoxy groups -OCH3 is 1. The van der Waals surface area contributed by atoms with Crippen LogP contribution in [-0.2, 0) is 20.9 Å². The molecule has 0 aliphatic rings. The van der Waals surface area contributed by atoms with Crippen LogP contribution in [0.5, 0.6) is 5.75 Å².